The van der Waals surface area contributed by atoms with E-state index in [0.717, 1.165) is 12.8 Å². The van der Waals surface area contributed by atoms with E-state index in [1.807, 2.05) is 4.90 Å². The highest BCUT2D eigenvalue weighted by atomic mass is 16.2. The molecule has 1 heterocycles. The molecule has 1 aliphatic carbocycles. The second-order valence-corrected chi connectivity index (χ2v) is 7.93. The van der Waals surface area contributed by atoms with E-state index < -0.39 is 0 Å². The first-order valence-corrected chi connectivity index (χ1v) is 9.83. The number of nitrogens with zero attached hydrogens (tertiary/aromatic N) is 1. The number of hydrogen-bond acceptors (Lipinski definition) is 3. The summed E-state index contributed by atoms with van der Waals surface area (Å²) in [6.07, 6.45) is 3.68. The Balaban J connectivity index is 1.61. The molecule has 1 saturated carbocycles. The van der Waals surface area contributed by atoms with Crippen LogP contribution in [0, 0.1) is 17.8 Å². The van der Waals surface area contributed by atoms with E-state index in [9.17, 15) is 14.4 Å². The Labute approximate surface area is 160 Å². The highest BCUT2D eigenvalue weighted by molar-refractivity contribution is 5.98. The lowest BCUT2D eigenvalue weighted by molar-refractivity contribution is -0.131. The van der Waals surface area contributed by atoms with Gasteiger partial charge in [-0.1, -0.05) is 26.7 Å². The molecule has 4 atom stereocenters. The summed E-state index contributed by atoms with van der Waals surface area (Å²) in [5, 5.41) is 5.45. The number of benzene rings is 1. The fourth-order valence-corrected chi connectivity index (χ4v) is 4.32. The van der Waals surface area contributed by atoms with Crippen molar-refractivity contribution in [1.82, 2.24) is 10.2 Å². The van der Waals surface area contributed by atoms with Gasteiger partial charge in [-0.2, -0.15) is 0 Å². The summed E-state index contributed by atoms with van der Waals surface area (Å²) in [6, 6.07) is 7.02. The van der Waals surface area contributed by atoms with Crippen molar-refractivity contribution < 1.29 is 14.4 Å². The standard InChI is InChI=1S/C21H29N3O3/c1-13-5-4-6-18(14(13)2)24-12-16(11-19(24)25)21(27)23-17-9-7-15(8-10-17)20(26)22-3/h7-10,13-14,16,18H,4-6,11-12H2,1-3H3,(H,22,26)(H,23,27)/t13-,14+,16+,18+/m0/s1. The summed E-state index contributed by atoms with van der Waals surface area (Å²) in [6.45, 7) is 4.98. The lowest BCUT2D eigenvalue weighted by atomic mass is 9.77. The van der Waals surface area contributed by atoms with E-state index in [1.54, 1.807) is 31.3 Å². The van der Waals surface area contributed by atoms with Crippen LogP contribution < -0.4 is 10.6 Å². The normalized spacial score (nSPS) is 28.1. The molecule has 146 valence electrons. The molecule has 0 spiro atoms. The summed E-state index contributed by atoms with van der Waals surface area (Å²) in [4.78, 5) is 38.7. The third kappa shape index (κ3) is 4.15. The van der Waals surface area contributed by atoms with E-state index in [2.05, 4.69) is 24.5 Å². The molecule has 2 N–H and O–H groups in total. The van der Waals surface area contributed by atoms with Crippen molar-refractivity contribution >= 4 is 23.4 Å². The SMILES string of the molecule is CNC(=O)c1ccc(NC(=O)[C@@H]2CC(=O)N([C@@H]3CCC[C@H](C)[C@H]3C)C2)cc1. The third-order valence-electron chi connectivity index (χ3n) is 6.24. The molecular weight excluding hydrogens is 342 g/mol. The quantitative estimate of drug-likeness (QED) is 0.854. The highest BCUT2D eigenvalue weighted by Crippen LogP contribution is 2.35. The lowest BCUT2D eigenvalue weighted by Gasteiger charge is -2.40. The van der Waals surface area contributed by atoms with Crippen LogP contribution in [0.5, 0.6) is 0 Å². The van der Waals surface area contributed by atoms with E-state index >= 15 is 0 Å². The summed E-state index contributed by atoms with van der Waals surface area (Å²) < 4.78 is 0. The van der Waals surface area contributed by atoms with Crippen LogP contribution in [0.15, 0.2) is 24.3 Å². The van der Waals surface area contributed by atoms with Gasteiger partial charge in [0.1, 0.15) is 0 Å². The van der Waals surface area contributed by atoms with Crippen LogP contribution in [0.1, 0.15) is 49.9 Å². The summed E-state index contributed by atoms with van der Waals surface area (Å²) in [5.74, 6) is 0.567. The molecule has 6 nitrogen and oxygen atoms in total. The molecule has 3 amide bonds. The Morgan fingerprint density at radius 3 is 2.48 bits per heavy atom. The van der Waals surface area contributed by atoms with Crippen LogP contribution in [-0.2, 0) is 9.59 Å². The number of carbonyl (C=O) groups excluding carboxylic acids is 3. The van der Waals surface area contributed by atoms with Gasteiger partial charge in [-0.05, 0) is 42.5 Å². The molecule has 2 fully saturated rings. The fraction of sp³-hybridized carbons (Fsp3) is 0.571. The summed E-state index contributed by atoms with van der Waals surface area (Å²) in [5.41, 5.74) is 1.18. The van der Waals surface area contributed by atoms with Crippen molar-refractivity contribution in [3.05, 3.63) is 29.8 Å². The Bertz CT molecular complexity index is 716. The Morgan fingerprint density at radius 2 is 1.81 bits per heavy atom. The van der Waals surface area contributed by atoms with E-state index in [4.69, 9.17) is 0 Å². The molecular formula is C21H29N3O3. The number of carbonyl (C=O) groups is 3. The third-order valence-corrected chi connectivity index (χ3v) is 6.24. The average Bonchev–Trinajstić information content (AvgIpc) is 3.05. The van der Waals surface area contributed by atoms with Gasteiger partial charge in [0, 0.05) is 37.3 Å². The average molecular weight is 371 g/mol. The first kappa shape index (κ1) is 19.4. The number of amides is 3. The predicted octanol–water partition coefficient (Wildman–Crippen LogP) is 2.66. The van der Waals surface area contributed by atoms with Crippen LogP contribution in [0.2, 0.25) is 0 Å². The van der Waals surface area contributed by atoms with Crippen LogP contribution >= 0.6 is 0 Å². The first-order valence-electron chi connectivity index (χ1n) is 9.83. The zero-order valence-corrected chi connectivity index (χ0v) is 16.3. The van der Waals surface area contributed by atoms with Crippen molar-refractivity contribution in [2.24, 2.45) is 17.8 Å². The van der Waals surface area contributed by atoms with E-state index in [-0.39, 0.29) is 36.1 Å². The second kappa shape index (κ2) is 8.11. The minimum absolute atomic E-state index is 0.0936. The van der Waals surface area contributed by atoms with Gasteiger partial charge in [-0.25, -0.2) is 0 Å². The van der Waals surface area contributed by atoms with Crippen molar-refractivity contribution in [3.8, 4) is 0 Å². The van der Waals surface area contributed by atoms with Gasteiger partial charge in [0.25, 0.3) is 5.91 Å². The molecule has 0 unspecified atom stereocenters. The highest BCUT2D eigenvalue weighted by Gasteiger charge is 2.41. The van der Waals surface area contributed by atoms with Gasteiger partial charge in [-0.15, -0.1) is 0 Å². The van der Waals surface area contributed by atoms with Crippen LogP contribution in [0.3, 0.4) is 0 Å². The smallest absolute Gasteiger partial charge is 0.251 e. The van der Waals surface area contributed by atoms with E-state index in [0.29, 0.717) is 29.6 Å². The van der Waals surface area contributed by atoms with Gasteiger partial charge in [0.05, 0.1) is 5.92 Å². The fourth-order valence-electron chi connectivity index (χ4n) is 4.32. The monoisotopic (exact) mass is 371 g/mol. The number of nitrogens with one attached hydrogen (secondary N) is 2. The van der Waals surface area contributed by atoms with Gasteiger partial charge in [0.2, 0.25) is 11.8 Å². The Hall–Kier alpha value is -2.37. The zero-order chi connectivity index (χ0) is 19.6. The number of hydrogen-bond donors (Lipinski definition) is 2. The minimum atomic E-state index is -0.319. The molecule has 27 heavy (non-hydrogen) atoms. The van der Waals surface area contributed by atoms with Crippen molar-refractivity contribution in [2.45, 2.75) is 45.6 Å². The molecule has 3 rings (SSSR count). The molecule has 2 aliphatic rings. The van der Waals surface area contributed by atoms with Crippen molar-refractivity contribution in [1.29, 1.82) is 0 Å². The van der Waals surface area contributed by atoms with Crippen LogP contribution in [-0.4, -0.2) is 42.3 Å². The maximum atomic E-state index is 12.6. The second-order valence-electron chi connectivity index (χ2n) is 7.93. The maximum absolute atomic E-state index is 12.6. The molecule has 1 aromatic carbocycles. The molecule has 0 aromatic heterocycles. The molecule has 0 radical (unpaired) electrons. The number of likely N-dealkylation sites (tertiary alicyclic amines) is 1. The van der Waals surface area contributed by atoms with Crippen molar-refractivity contribution in [2.75, 3.05) is 18.9 Å². The van der Waals surface area contributed by atoms with Gasteiger partial charge >= 0.3 is 0 Å². The van der Waals surface area contributed by atoms with Crippen LogP contribution in [0.25, 0.3) is 0 Å². The number of rotatable bonds is 4. The Kier molecular flexibility index (Phi) is 5.82. The summed E-state index contributed by atoms with van der Waals surface area (Å²) >= 11 is 0. The molecule has 1 aromatic rings. The van der Waals surface area contributed by atoms with Gasteiger partial charge < -0.3 is 15.5 Å². The molecule has 6 heteroatoms. The lowest BCUT2D eigenvalue weighted by Crippen LogP contribution is -2.45. The minimum Gasteiger partial charge on any atom is -0.355 e. The Morgan fingerprint density at radius 1 is 1.11 bits per heavy atom. The molecule has 1 saturated heterocycles. The zero-order valence-electron chi connectivity index (χ0n) is 16.3. The maximum Gasteiger partial charge on any atom is 0.251 e. The first-order chi connectivity index (χ1) is 12.9. The van der Waals surface area contributed by atoms with Gasteiger partial charge in [-0.3, -0.25) is 14.4 Å². The molecule has 1 aliphatic heterocycles. The van der Waals surface area contributed by atoms with Gasteiger partial charge in [0.15, 0.2) is 0 Å². The van der Waals surface area contributed by atoms with E-state index in [1.165, 1.54) is 6.42 Å². The largest absolute Gasteiger partial charge is 0.355 e. The number of anilines is 1. The topological polar surface area (TPSA) is 78.5 Å². The van der Waals surface area contributed by atoms with Crippen LogP contribution in [0.4, 0.5) is 5.69 Å². The van der Waals surface area contributed by atoms with Crippen molar-refractivity contribution in [3.63, 3.8) is 0 Å². The molecule has 0 bridgehead atoms. The predicted molar refractivity (Wildman–Crippen MR) is 104 cm³/mol. The summed E-state index contributed by atoms with van der Waals surface area (Å²) in [7, 11) is 1.58.